The Balaban J connectivity index is 1.72. The van der Waals surface area contributed by atoms with Gasteiger partial charge >= 0.3 is 11.9 Å². The third-order valence-electron chi connectivity index (χ3n) is 5.56. The van der Waals surface area contributed by atoms with E-state index in [-0.39, 0.29) is 11.3 Å². The minimum Gasteiger partial charge on any atom is -0.482 e. The highest BCUT2D eigenvalue weighted by Gasteiger charge is 2.44. The average Bonchev–Trinajstić information content (AvgIpc) is 3.16. The number of carboxylic acids is 1. The van der Waals surface area contributed by atoms with E-state index in [2.05, 4.69) is 6.92 Å². The molecule has 2 atom stereocenters. The summed E-state index contributed by atoms with van der Waals surface area (Å²) in [6, 6.07) is 0. The molecular weight excluding hydrogens is 372 g/mol. The number of hydrogen-bond donors (Lipinski definition) is 1. The number of hydrogen-bond acceptors (Lipinski definition) is 5. The Morgan fingerprint density at radius 3 is 2.21 bits per heavy atom. The maximum absolute atomic E-state index is 12.3. The fraction of sp³-hybridized carbons (Fsp3) is 0.696. The predicted molar refractivity (Wildman–Crippen MR) is 109 cm³/mol. The predicted octanol–water partition coefficient (Wildman–Crippen LogP) is 4.87. The summed E-state index contributed by atoms with van der Waals surface area (Å²) >= 11 is 0. The lowest BCUT2D eigenvalue weighted by Gasteiger charge is -2.23. The van der Waals surface area contributed by atoms with Crippen LogP contribution in [0.15, 0.2) is 23.5 Å². The Kier molecular flexibility index (Phi) is 8.93. The Bertz CT molecular complexity index is 662. The van der Waals surface area contributed by atoms with Crippen LogP contribution in [0.3, 0.4) is 0 Å². The number of cyclic esters (lactones) is 1. The molecule has 1 N–H and O–H groups in total. The summed E-state index contributed by atoms with van der Waals surface area (Å²) in [5.74, 6) is -2.40. The molecule has 0 spiro atoms. The molecule has 6 heteroatoms. The highest BCUT2D eigenvalue weighted by atomic mass is 16.6. The van der Waals surface area contributed by atoms with E-state index in [1.54, 1.807) is 6.08 Å². The van der Waals surface area contributed by atoms with Crippen LogP contribution in [0, 0.1) is 0 Å². The normalized spacial score (nSPS) is 26.1. The standard InChI is InChI=1S/C23H34O6/c1-3-4-5-6-7-8-9-10-11-12-14-23(2)15-13-17(29-23)20-21(26)18(16-19(24)25)28-22(20)27/h13,15,18H,3-12,14,16H2,1-2H3,(H,24,25)/b20-17-/t18-,23+/m0/s1. The lowest BCUT2D eigenvalue weighted by atomic mass is 9.97. The van der Waals surface area contributed by atoms with Crippen molar-refractivity contribution in [1.82, 2.24) is 0 Å². The Hall–Kier alpha value is -2.11. The summed E-state index contributed by atoms with van der Waals surface area (Å²) in [6.07, 6.45) is 15.1. The number of allylic oxidation sites excluding steroid dienone is 1. The summed E-state index contributed by atoms with van der Waals surface area (Å²) < 4.78 is 10.8. The number of carbonyl (C=O) groups is 3. The smallest absolute Gasteiger partial charge is 0.346 e. The molecule has 29 heavy (non-hydrogen) atoms. The number of ketones is 1. The van der Waals surface area contributed by atoms with E-state index in [1.807, 2.05) is 13.0 Å². The second-order valence-electron chi connectivity index (χ2n) is 8.28. The number of Topliss-reactive ketones (excluding diaryl/α,β-unsaturated/α-hetero) is 1. The SMILES string of the molecule is CCCCCCCCCCCC[C@]1(C)C=C/C(=C2/C(=O)O[C@@H](CC(=O)O)C2=O)O1. The first kappa shape index (κ1) is 23.2. The van der Waals surface area contributed by atoms with Crippen LogP contribution in [0.2, 0.25) is 0 Å². The molecule has 2 aliphatic rings. The van der Waals surface area contributed by atoms with E-state index in [0.717, 1.165) is 19.3 Å². The highest BCUT2D eigenvalue weighted by molar-refractivity contribution is 6.24. The van der Waals surface area contributed by atoms with Crippen molar-refractivity contribution in [2.45, 2.75) is 103 Å². The number of ether oxygens (including phenoxy) is 2. The Morgan fingerprint density at radius 2 is 1.62 bits per heavy atom. The molecule has 0 bridgehead atoms. The molecule has 0 aliphatic carbocycles. The van der Waals surface area contributed by atoms with Gasteiger partial charge in [-0.2, -0.15) is 0 Å². The molecule has 0 aromatic carbocycles. The van der Waals surface area contributed by atoms with Crippen LogP contribution in [0.5, 0.6) is 0 Å². The number of carboxylic acid groups (broad SMARTS) is 1. The van der Waals surface area contributed by atoms with E-state index in [1.165, 1.54) is 51.4 Å². The maximum atomic E-state index is 12.3. The molecule has 162 valence electrons. The number of esters is 1. The van der Waals surface area contributed by atoms with Crippen LogP contribution in [0.4, 0.5) is 0 Å². The third kappa shape index (κ3) is 7.02. The van der Waals surface area contributed by atoms with Crippen LogP contribution < -0.4 is 0 Å². The second-order valence-corrected chi connectivity index (χ2v) is 8.28. The molecule has 0 aromatic rings. The van der Waals surface area contributed by atoms with E-state index in [9.17, 15) is 14.4 Å². The van der Waals surface area contributed by atoms with Crippen molar-refractivity contribution in [3.05, 3.63) is 23.5 Å². The Morgan fingerprint density at radius 1 is 1.03 bits per heavy atom. The second kappa shape index (κ2) is 11.2. The van der Waals surface area contributed by atoms with Crippen molar-refractivity contribution < 1.29 is 29.0 Å². The zero-order valence-corrected chi connectivity index (χ0v) is 17.7. The third-order valence-corrected chi connectivity index (χ3v) is 5.56. The number of carbonyl (C=O) groups excluding carboxylic acids is 2. The molecule has 2 heterocycles. The summed E-state index contributed by atoms with van der Waals surface area (Å²) in [4.78, 5) is 35.1. The molecule has 1 saturated heterocycles. The van der Waals surface area contributed by atoms with Gasteiger partial charge in [0, 0.05) is 0 Å². The molecule has 0 aromatic heterocycles. The molecule has 0 radical (unpaired) electrons. The van der Waals surface area contributed by atoms with Crippen LogP contribution in [0.1, 0.15) is 90.9 Å². The minimum atomic E-state index is -1.26. The van der Waals surface area contributed by atoms with Gasteiger partial charge in [-0.05, 0) is 31.9 Å². The zero-order valence-electron chi connectivity index (χ0n) is 17.7. The van der Waals surface area contributed by atoms with Gasteiger partial charge in [-0.1, -0.05) is 64.7 Å². The van der Waals surface area contributed by atoms with Gasteiger partial charge in [-0.3, -0.25) is 9.59 Å². The van der Waals surface area contributed by atoms with Crippen molar-refractivity contribution in [2.75, 3.05) is 0 Å². The minimum absolute atomic E-state index is 0.167. The molecule has 2 aliphatic heterocycles. The van der Waals surface area contributed by atoms with Crippen molar-refractivity contribution in [2.24, 2.45) is 0 Å². The van der Waals surface area contributed by atoms with E-state index >= 15 is 0 Å². The topological polar surface area (TPSA) is 89.9 Å². The fourth-order valence-electron chi connectivity index (χ4n) is 3.82. The van der Waals surface area contributed by atoms with Gasteiger partial charge in [0.05, 0.1) is 6.42 Å². The number of aliphatic carboxylic acids is 1. The molecule has 2 rings (SSSR count). The van der Waals surface area contributed by atoms with Crippen molar-refractivity contribution in [3.63, 3.8) is 0 Å². The molecule has 6 nitrogen and oxygen atoms in total. The van der Waals surface area contributed by atoms with Crippen LogP contribution in [-0.4, -0.2) is 34.5 Å². The molecule has 0 saturated carbocycles. The summed E-state index contributed by atoms with van der Waals surface area (Å²) in [5.41, 5.74) is -0.715. The molecule has 0 amide bonds. The average molecular weight is 407 g/mol. The van der Waals surface area contributed by atoms with Gasteiger partial charge in [0.2, 0.25) is 5.78 Å². The Labute approximate surface area is 173 Å². The van der Waals surface area contributed by atoms with Gasteiger partial charge in [-0.15, -0.1) is 0 Å². The van der Waals surface area contributed by atoms with Crippen molar-refractivity contribution in [1.29, 1.82) is 0 Å². The monoisotopic (exact) mass is 406 g/mol. The quantitative estimate of drug-likeness (QED) is 0.203. The lowest BCUT2D eigenvalue weighted by Crippen LogP contribution is -2.23. The molecular formula is C23H34O6. The van der Waals surface area contributed by atoms with E-state index in [0.29, 0.717) is 0 Å². The van der Waals surface area contributed by atoms with Gasteiger partial charge in [0.1, 0.15) is 16.9 Å². The first-order valence-electron chi connectivity index (χ1n) is 11.0. The number of rotatable bonds is 13. The molecule has 0 unspecified atom stereocenters. The van der Waals surface area contributed by atoms with E-state index in [4.69, 9.17) is 14.6 Å². The van der Waals surface area contributed by atoms with Crippen molar-refractivity contribution >= 4 is 17.7 Å². The van der Waals surface area contributed by atoms with Crippen LogP contribution in [0.25, 0.3) is 0 Å². The van der Waals surface area contributed by atoms with Crippen LogP contribution >= 0.6 is 0 Å². The van der Waals surface area contributed by atoms with E-state index < -0.39 is 35.8 Å². The molecule has 1 fully saturated rings. The largest absolute Gasteiger partial charge is 0.482 e. The fourth-order valence-corrected chi connectivity index (χ4v) is 3.82. The van der Waals surface area contributed by atoms with Gasteiger partial charge < -0.3 is 14.6 Å². The summed E-state index contributed by atoms with van der Waals surface area (Å²) in [5, 5.41) is 8.83. The number of unbranched alkanes of at least 4 members (excludes halogenated alkanes) is 9. The maximum Gasteiger partial charge on any atom is 0.346 e. The summed E-state index contributed by atoms with van der Waals surface area (Å²) in [6.45, 7) is 4.17. The first-order chi connectivity index (χ1) is 13.9. The lowest BCUT2D eigenvalue weighted by molar-refractivity contribution is -0.147. The van der Waals surface area contributed by atoms with Gasteiger partial charge in [-0.25, -0.2) is 4.79 Å². The zero-order chi connectivity index (χ0) is 21.3. The van der Waals surface area contributed by atoms with Gasteiger partial charge in [0.25, 0.3) is 0 Å². The van der Waals surface area contributed by atoms with Crippen LogP contribution in [-0.2, 0) is 23.9 Å². The highest BCUT2D eigenvalue weighted by Crippen LogP contribution is 2.35. The van der Waals surface area contributed by atoms with Crippen molar-refractivity contribution in [3.8, 4) is 0 Å². The first-order valence-corrected chi connectivity index (χ1v) is 11.0. The summed E-state index contributed by atoms with van der Waals surface area (Å²) in [7, 11) is 0. The van der Waals surface area contributed by atoms with Gasteiger partial charge in [0.15, 0.2) is 6.10 Å².